The lowest BCUT2D eigenvalue weighted by Crippen LogP contribution is -2.29. The molecule has 2 aromatic rings. The molecule has 114 valence electrons. The Hall–Kier alpha value is -2.61. The van der Waals surface area contributed by atoms with Gasteiger partial charge in [-0.2, -0.15) is 0 Å². The lowest BCUT2D eigenvalue weighted by molar-refractivity contribution is -0.139. The molecule has 8 heteroatoms. The minimum atomic E-state index is -0.506. The Balaban J connectivity index is 1.73. The fourth-order valence-corrected chi connectivity index (χ4v) is 2.68. The number of hydrogen-bond acceptors (Lipinski definition) is 7. The summed E-state index contributed by atoms with van der Waals surface area (Å²) in [7, 11) is 1.26. The number of esters is 1. The third kappa shape index (κ3) is 2.86. The van der Waals surface area contributed by atoms with Crippen LogP contribution in [0.1, 0.15) is 9.67 Å². The van der Waals surface area contributed by atoms with Crippen molar-refractivity contribution in [2.75, 3.05) is 20.4 Å². The Labute approximate surface area is 129 Å². The van der Waals surface area contributed by atoms with Gasteiger partial charge in [0.2, 0.25) is 6.79 Å². The fourth-order valence-electron chi connectivity index (χ4n) is 1.85. The Morgan fingerprint density at radius 3 is 3.00 bits per heavy atom. The van der Waals surface area contributed by atoms with Crippen molar-refractivity contribution in [3.63, 3.8) is 0 Å². The van der Waals surface area contributed by atoms with Gasteiger partial charge in [-0.25, -0.2) is 4.98 Å². The molecule has 0 aliphatic carbocycles. The van der Waals surface area contributed by atoms with Gasteiger partial charge in [0.15, 0.2) is 11.5 Å². The van der Waals surface area contributed by atoms with Crippen LogP contribution < -0.4 is 14.8 Å². The van der Waals surface area contributed by atoms with Crippen molar-refractivity contribution in [1.29, 1.82) is 0 Å². The minimum absolute atomic E-state index is 0.174. The highest BCUT2D eigenvalue weighted by atomic mass is 32.1. The first-order valence-corrected chi connectivity index (χ1v) is 7.20. The van der Waals surface area contributed by atoms with Crippen molar-refractivity contribution in [2.24, 2.45) is 0 Å². The highest BCUT2D eigenvalue weighted by Crippen LogP contribution is 2.36. The molecular formula is C14H12N2O5S. The van der Waals surface area contributed by atoms with E-state index < -0.39 is 5.97 Å². The lowest BCUT2D eigenvalue weighted by Gasteiger charge is -2.01. The molecule has 1 aliphatic heterocycles. The zero-order valence-electron chi connectivity index (χ0n) is 11.6. The molecule has 0 spiro atoms. The largest absolute Gasteiger partial charge is 0.468 e. The second-order valence-electron chi connectivity index (χ2n) is 4.36. The summed E-state index contributed by atoms with van der Waals surface area (Å²) < 4.78 is 15.0. The van der Waals surface area contributed by atoms with Crippen LogP contribution in [0.5, 0.6) is 11.5 Å². The molecule has 3 rings (SSSR count). The predicted octanol–water partition coefficient (Wildman–Crippen LogP) is 1.44. The molecular weight excluding hydrogens is 308 g/mol. The highest BCUT2D eigenvalue weighted by molar-refractivity contribution is 7.16. The predicted molar refractivity (Wildman–Crippen MR) is 78.0 cm³/mol. The van der Waals surface area contributed by atoms with Gasteiger partial charge < -0.3 is 19.5 Å². The first kappa shape index (κ1) is 14.3. The smallest absolute Gasteiger partial charge is 0.325 e. The fraction of sp³-hybridized carbons (Fsp3) is 0.214. The van der Waals surface area contributed by atoms with Crippen molar-refractivity contribution in [3.8, 4) is 22.1 Å². The number of nitrogens with zero attached hydrogens (tertiary/aromatic N) is 1. The SMILES string of the molecule is COC(=O)CNC(=O)c1cnc(-c2ccc3c(c2)OCO3)s1. The molecule has 1 N–H and O–H groups in total. The van der Waals surface area contributed by atoms with Gasteiger partial charge in [-0.1, -0.05) is 0 Å². The normalized spacial score (nSPS) is 12.0. The number of methoxy groups -OCH3 is 1. The molecule has 1 aromatic heterocycles. The number of thiazole rings is 1. The van der Waals surface area contributed by atoms with E-state index >= 15 is 0 Å². The van der Waals surface area contributed by atoms with E-state index in [0.29, 0.717) is 21.4 Å². The lowest BCUT2D eigenvalue weighted by atomic mass is 10.2. The van der Waals surface area contributed by atoms with Gasteiger partial charge >= 0.3 is 5.97 Å². The zero-order chi connectivity index (χ0) is 15.5. The summed E-state index contributed by atoms with van der Waals surface area (Å²) in [5.74, 6) is 0.476. The number of carbonyl (C=O) groups is 2. The summed E-state index contributed by atoms with van der Waals surface area (Å²) in [6, 6.07) is 5.47. The molecule has 2 heterocycles. The summed E-state index contributed by atoms with van der Waals surface area (Å²) in [6.07, 6.45) is 1.47. The summed E-state index contributed by atoms with van der Waals surface area (Å²) in [5.41, 5.74) is 0.835. The Kier molecular flexibility index (Phi) is 3.92. The number of rotatable bonds is 4. The van der Waals surface area contributed by atoms with Crippen molar-refractivity contribution >= 4 is 23.2 Å². The Morgan fingerprint density at radius 2 is 2.18 bits per heavy atom. The standard InChI is InChI=1S/C14H12N2O5S/c1-19-12(17)6-15-13(18)11-5-16-14(22-11)8-2-3-9-10(4-8)21-7-20-9/h2-5H,6-7H2,1H3,(H,15,18). The Bertz CT molecular complexity index is 728. The van der Waals surface area contributed by atoms with Gasteiger partial charge in [0.25, 0.3) is 5.91 Å². The van der Waals surface area contributed by atoms with Crippen LogP contribution >= 0.6 is 11.3 Å². The van der Waals surface area contributed by atoms with Crippen LogP contribution in [-0.2, 0) is 9.53 Å². The maximum absolute atomic E-state index is 11.9. The molecule has 22 heavy (non-hydrogen) atoms. The van der Waals surface area contributed by atoms with E-state index in [2.05, 4.69) is 15.0 Å². The zero-order valence-corrected chi connectivity index (χ0v) is 12.4. The quantitative estimate of drug-likeness (QED) is 0.858. The van der Waals surface area contributed by atoms with E-state index in [-0.39, 0.29) is 19.2 Å². The molecule has 0 bridgehead atoms. The molecule has 0 unspecified atom stereocenters. The summed E-state index contributed by atoms with van der Waals surface area (Å²) in [5, 5.41) is 3.15. The number of carbonyl (C=O) groups excluding carboxylic acids is 2. The monoisotopic (exact) mass is 320 g/mol. The van der Waals surface area contributed by atoms with Crippen LogP contribution in [-0.4, -0.2) is 37.3 Å². The van der Waals surface area contributed by atoms with Crippen LogP contribution in [0.4, 0.5) is 0 Å². The molecule has 7 nitrogen and oxygen atoms in total. The second-order valence-corrected chi connectivity index (χ2v) is 5.39. The topological polar surface area (TPSA) is 86.8 Å². The molecule has 0 saturated carbocycles. The number of nitrogens with one attached hydrogen (secondary N) is 1. The van der Waals surface area contributed by atoms with E-state index in [0.717, 1.165) is 5.56 Å². The Morgan fingerprint density at radius 1 is 1.36 bits per heavy atom. The molecule has 0 saturated heterocycles. The van der Waals surface area contributed by atoms with Crippen LogP contribution in [0, 0.1) is 0 Å². The van der Waals surface area contributed by atoms with Crippen molar-refractivity contribution in [1.82, 2.24) is 10.3 Å². The molecule has 1 aliphatic rings. The van der Waals surface area contributed by atoms with Crippen LogP contribution in [0.25, 0.3) is 10.6 Å². The maximum atomic E-state index is 11.9. The van der Waals surface area contributed by atoms with Crippen molar-refractivity contribution in [2.45, 2.75) is 0 Å². The third-order valence-electron chi connectivity index (χ3n) is 2.97. The molecule has 0 radical (unpaired) electrons. The van der Waals surface area contributed by atoms with E-state index in [1.807, 2.05) is 12.1 Å². The number of aromatic nitrogens is 1. The van der Waals surface area contributed by atoms with Crippen LogP contribution in [0.15, 0.2) is 24.4 Å². The number of ether oxygens (including phenoxy) is 3. The van der Waals surface area contributed by atoms with Gasteiger partial charge in [-0.15, -0.1) is 11.3 Å². The van der Waals surface area contributed by atoms with E-state index in [1.165, 1.54) is 24.6 Å². The first-order chi connectivity index (χ1) is 10.7. The second kappa shape index (κ2) is 6.02. The first-order valence-electron chi connectivity index (χ1n) is 6.38. The van der Waals surface area contributed by atoms with Crippen molar-refractivity contribution in [3.05, 3.63) is 29.3 Å². The summed E-state index contributed by atoms with van der Waals surface area (Å²) in [4.78, 5) is 27.6. The summed E-state index contributed by atoms with van der Waals surface area (Å²) in [6.45, 7) is 0.0322. The maximum Gasteiger partial charge on any atom is 0.325 e. The minimum Gasteiger partial charge on any atom is -0.468 e. The van der Waals surface area contributed by atoms with Gasteiger partial charge in [-0.05, 0) is 18.2 Å². The average Bonchev–Trinajstić information content (AvgIpc) is 3.20. The van der Waals surface area contributed by atoms with E-state index in [9.17, 15) is 9.59 Å². The molecule has 1 aromatic carbocycles. The summed E-state index contributed by atoms with van der Waals surface area (Å²) >= 11 is 1.23. The van der Waals surface area contributed by atoms with Gasteiger partial charge in [0, 0.05) is 5.56 Å². The molecule has 0 fully saturated rings. The third-order valence-corrected chi connectivity index (χ3v) is 4.02. The van der Waals surface area contributed by atoms with Gasteiger partial charge in [0.1, 0.15) is 16.4 Å². The highest BCUT2D eigenvalue weighted by Gasteiger charge is 2.17. The molecule has 1 amide bonds. The van der Waals surface area contributed by atoms with E-state index in [4.69, 9.17) is 9.47 Å². The van der Waals surface area contributed by atoms with Gasteiger partial charge in [0.05, 0.1) is 13.3 Å². The average molecular weight is 320 g/mol. The van der Waals surface area contributed by atoms with Gasteiger partial charge in [-0.3, -0.25) is 9.59 Å². The number of fused-ring (bicyclic) bond motifs is 1. The van der Waals surface area contributed by atoms with E-state index in [1.54, 1.807) is 6.07 Å². The molecule has 0 atom stereocenters. The number of benzene rings is 1. The van der Waals surface area contributed by atoms with Crippen LogP contribution in [0.3, 0.4) is 0 Å². The van der Waals surface area contributed by atoms with Crippen LogP contribution in [0.2, 0.25) is 0 Å². The van der Waals surface area contributed by atoms with Crippen molar-refractivity contribution < 1.29 is 23.8 Å². The number of hydrogen-bond donors (Lipinski definition) is 1. The number of amides is 1.